The van der Waals surface area contributed by atoms with Crippen LogP contribution >= 0.6 is 0 Å². The standard InChI is InChI=1S/C17H22N4/c1-14-6-2-3-10-21(14)11-5-9-20-17-15(12-18)7-4-8-16(17)13-19/h4,7-8,14,20H,2-3,5-6,9-11H2,1H3. The highest BCUT2D eigenvalue weighted by atomic mass is 15.2. The molecule has 0 aliphatic carbocycles. The van der Waals surface area contributed by atoms with Crippen LogP contribution in [0, 0.1) is 22.7 Å². The molecule has 1 unspecified atom stereocenters. The second kappa shape index (κ2) is 7.67. The van der Waals surface area contributed by atoms with Crippen LogP contribution in [0.3, 0.4) is 0 Å². The lowest BCUT2D eigenvalue weighted by Crippen LogP contribution is -2.38. The lowest BCUT2D eigenvalue weighted by molar-refractivity contribution is 0.160. The van der Waals surface area contributed by atoms with E-state index in [1.807, 2.05) is 0 Å². The Morgan fingerprint density at radius 2 is 1.95 bits per heavy atom. The number of anilines is 1. The first-order valence-electron chi connectivity index (χ1n) is 7.67. The Balaban J connectivity index is 1.86. The van der Waals surface area contributed by atoms with E-state index >= 15 is 0 Å². The predicted octanol–water partition coefficient (Wildman–Crippen LogP) is 3.11. The maximum absolute atomic E-state index is 9.13. The fraction of sp³-hybridized carbons (Fsp3) is 0.529. The third kappa shape index (κ3) is 3.97. The van der Waals surface area contributed by atoms with Gasteiger partial charge in [-0.3, -0.25) is 0 Å². The van der Waals surface area contributed by atoms with Gasteiger partial charge in [0.1, 0.15) is 12.1 Å². The summed E-state index contributed by atoms with van der Waals surface area (Å²) in [6, 6.07) is 10.2. The zero-order valence-corrected chi connectivity index (χ0v) is 12.6. The number of hydrogen-bond acceptors (Lipinski definition) is 4. The van der Waals surface area contributed by atoms with Crippen LogP contribution in [0.15, 0.2) is 18.2 Å². The number of likely N-dealkylation sites (tertiary alicyclic amines) is 1. The average molecular weight is 282 g/mol. The van der Waals surface area contributed by atoms with Crippen molar-refractivity contribution in [3.8, 4) is 12.1 Å². The Bertz CT molecular complexity index is 521. The number of benzene rings is 1. The van der Waals surface area contributed by atoms with Crippen molar-refractivity contribution in [2.45, 2.75) is 38.6 Å². The summed E-state index contributed by atoms with van der Waals surface area (Å²) in [6.45, 7) is 5.35. The summed E-state index contributed by atoms with van der Waals surface area (Å²) in [5.41, 5.74) is 1.76. The van der Waals surface area contributed by atoms with Crippen molar-refractivity contribution in [3.05, 3.63) is 29.3 Å². The minimum atomic E-state index is 0.542. The lowest BCUT2D eigenvalue weighted by Gasteiger charge is -2.33. The highest BCUT2D eigenvalue weighted by molar-refractivity contribution is 5.66. The minimum absolute atomic E-state index is 0.542. The van der Waals surface area contributed by atoms with Gasteiger partial charge in [-0.25, -0.2) is 0 Å². The van der Waals surface area contributed by atoms with Gasteiger partial charge in [-0.05, 0) is 44.9 Å². The van der Waals surface area contributed by atoms with Gasteiger partial charge < -0.3 is 10.2 Å². The summed E-state index contributed by atoms with van der Waals surface area (Å²) in [4.78, 5) is 2.53. The molecular weight excluding hydrogens is 260 g/mol. The molecule has 4 nitrogen and oxygen atoms in total. The van der Waals surface area contributed by atoms with Gasteiger partial charge in [0.2, 0.25) is 0 Å². The zero-order valence-electron chi connectivity index (χ0n) is 12.6. The first kappa shape index (κ1) is 15.4. The van der Waals surface area contributed by atoms with E-state index in [1.54, 1.807) is 18.2 Å². The summed E-state index contributed by atoms with van der Waals surface area (Å²) in [7, 11) is 0. The van der Waals surface area contributed by atoms with Crippen molar-refractivity contribution in [1.29, 1.82) is 10.5 Å². The molecule has 21 heavy (non-hydrogen) atoms. The second-order valence-electron chi connectivity index (χ2n) is 5.61. The lowest BCUT2D eigenvalue weighted by atomic mass is 10.0. The molecule has 0 amide bonds. The van der Waals surface area contributed by atoms with E-state index in [4.69, 9.17) is 10.5 Å². The van der Waals surface area contributed by atoms with Crippen molar-refractivity contribution >= 4 is 5.69 Å². The SMILES string of the molecule is CC1CCCCN1CCCNc1c(C#N)cccc1C#N. The topological polar surface area (TPSA) is 62.9 Å². The van der Waals surface area contributed by atoms with E-state index in [9.17, 15) is 0 Å². The van der Waals surface area contributed by atoms with Crippen LogP contribution in [-0.4, -0.2) is 30.6 Å². The van der Waals surface area contributed by atoms with Gasteiger partial charge in [-0.2, -0.15) is 10.5 Å². The molecule has 1 atom stereocenters. The zero-order chi connectivity index (χ0) is 15.1. The molecule has 1 saturated heterocycles. The summed E-state index contributed by atoms with van der Waals surface area (Å²) in [6.07, 6.45) is 4.96. The molecule has 110 valence electrons. The van der Waals surface area contributed by atoms with Crippen molar-refractivity contribution < 1.29 is 0 Å². The van der Waals surface area contributed by atoms with Gasteiger partial charge in [-0.15, -0.1) is 0 Å². The highest BCUT2D eigenvalue weighted by Crippen LogP contribution is 2.20. The predicted molar refractivity (Wildman–Crippen MR) is 83.9 cm³/mol. The molecular formula is C17H22N4. The van der Waals surface area contributed by atoms with E-state index < -0.39 is 0 Å². The quantitative estimate of drug-likeness (QED) is 0.843. The number of piperidine rings is 1. The minimum Gasteiger partial charge on any atom is -0.383 e. The van der Waals surface area contributed by atoms with Gasteiger partial charge in [0.15, 0.2) is 0 Å². The monoisotopic (exact) mass is 282 g/mol. The summed E-state index contributed by atoms with van der Waals surface area (Å²) < 4.78 is 0. The third-order valence-corrected chi connectivity index (χ3v) is 4.17. The molecule has 0 spiro atoms. The van der Waals surface area contributed by atoms with Crippen molar-refractivity contribution in [2.75, 3.05) is 25.0 Å². The molecule has 1 aliphatic rings. The average Bonchev–Trinajstić information content (AvgIpc) is 2.52. The molecule has 1 aliphatic heterocycles. The molecule has 1 aromatic rings. The highest BCUT2D eigenvalue weighted by Gasteiger charge is 2.17. The molecule has 1 aromatic carbocycles. The summed E-state index contributed by atoms with van der Waals surface area (Å²) >= 11 is 0. The van der Waals surface area contributed by atoms with E-state index in [0.29, 0.717) is 22.9 Å². The van der Waals surface area contributed by atoms with Gasteiger partial charge in [0.05, 0.1) is 16.8 Å². The van der Waals surface area contributed by atoms with Crippen LogP contribution in [-0.2, 0) is 0 Å². The molecule has 0 radical (unpaired) electrons. The molecule has 1 fully saturated rings. The van der Waals surface area contributed by atoms with E-state index in [-0.39, 0.29) is 0 Å². The number of nitrogens with zero attached hydrogens (tertiary/aromatic N) is 3. The van der Waals surface area contributed by atoms with Gasteiger partial charge in [0.25, 0.3) is 0 Å². The molecule has 0 bridgehead atoms. The smallest absolute Gasteiger partial charge is 0.101 e. The van der Waals surface area contributed by atoms with Crippen molar-refractivity contribution in [2.24, 2.45) is 0 Å². The van der Waals surface area contributed by atoms with Gasteiger partial charge in [0, 0.05) is 19.1 Å². The Labute approximate surface area is 127 Å². The Morgan fingerprint density at radius 1 is 1.24 bits per heavy atom. The van der Waals surface area contributed by atoms with Gasteiger partial charge >= 0.3 is 0 Å². The van der Waals surface area contributed by atoms with Crippen molar-refractivity contribution in [3.63, 3.8) is 0 Å². The van der Waals surface area contributed by atoms with Crippen LogP contribution < -0.4 is 5.32 Å². The second-order valence-corrected chi connectivity index (χ2v) is 5.61. The van der Waals surface area contributed by atoms with Crippen LogP contribution in [0.5, 0.6) is 0 Å². The van der Waals surface area contributed by atoms with E-state index in [1.165, 1.54) is 25.8 Å². The number of rotatable bonds is 5. The molecule has 4 heteroatoms. The number of nitriles is 2. The molecule has 0 aromatic heterocycles. The fourth-order valence-corrected chi connectivity index (χ4v) is 2.91. The molecule has 1 heterocycles. The molecule has 1 N–H and O–H groups in total. The fourth-order valence-electron chi connectivity index (χ4n) is 2.91. The number of hydrogen-bond donors (Lipinski definition) is 1. The maximum Gasteiger partial charge on any atom is 0.101 e. The third-order valence-electron chi connectivity index (χ3n) is 4.17. The van der Waals surface area contributed by atoms with Crippen LogP contribution in [0.2, 0.25) is 0 Å². The summed E-state index contributed by atoms with van der Waals surface area (Å²) in [5, 5.41) is 21.5. The number of para-hydroxylation sites is 1. The first-order chi connectivity index (χ1) is 10.3. The Hall–Kier alpha value is -2.04. The van der Waals surface area contributed by atoms with Crippen LogP contribution in [0.25, 0.3) is 0 Å². The summed E-state index contributed by atoms with van der Waals surface area (Å²) in [5.74, 6) is 0. The molecule has 2 rings (SSSR count). The first-order valence-corrected chi connectivity index (χ1v) is 7.67. The number of nitrogens with one attached hydrogen (secondary N) is 1. The van der Waals surface area contributed by atoms with Crippen LogP contribution in [0.4, 0.5) is 5.69 Å². The largest absolute Gasteiger partial charge is 0.383 e. The molecule has 0 saturated carbocycles. The van der Waals surface area contributed by atoms with E-state index in [0.717, 1.165) is 19.5 Å². The van der Waals surface area contributed by atoms with Crippen LogP contribution in [0.1, 0.15) is 43.7 Å². The van der Waals surface area contributed by atoms with Crippen molar-refractivity contribution in [1.82, 2.24) is 4.90 Å². The Kier molecular flexibility index (Phi) is 5.60. The van der Waals surface area contributed by atoms with Gasteiger partial charge in [-0.1, -0.05) is 12.5 Å². The maximum atomic E-state index is 9.13. The Morgan fingerprint density at radius 3 is 2.57 bits per heavy atom. The normalized spacial score (nSPS) is 18.7. The van der Waals surface area contributed by atoms with E-state index in [2.05, 4.69) is 29.3 Å².